The maximum atomic E-state index is 12.0. The van der Waals surface area contributed by atoms with Crippen LogP contribution in [0.25, 0.3) is 0 Å². The summed E-state index contributed by atoms with van der Waals surface area (Å²) in [6.07, 6.45) is 10.1. The van der Waals surface area contributed by atoms with Crippen LogP contribution in [0.15, 0.2) is 23.3 Å². The average Bonchev–Trinajstić information content (AvgIpc) is 3.00. The molecule has 0 aromatic heterocycles. The molecule has 4 rings (SSSR count). The van der Waals surface area contributed by atoms with Gasteiger partial charge in [0.15, 0.2) is 5.60 Å². The van der Waals surface area contributed by atoms with Crippen molar-refractivity contribution in [3.8, 4) is 11.8 Å². The van der Waals surface area contributed by atoms with E-state index in [1.165, 1.54) is 12.8 Å². The van der Waals surface area contributed by atoms with Gasteiger partial charge in [0.25, 0.3) is 0 Å². The minimum atomic E-state index is -0.423. The van der Waals surface area contributed by atoms with E-state index in [4.69, 9.17) is 16.3 Å². The summed E-state index contributed by atoms with van der Waals surface area (Å²) in [5, 5.41) is 0. The third kappa shape index (κ3) is 2.05. The standard InChI is InChI=1S/C18H20ClNO2/c19-8-4-1-2-6-13-10-14-12-18(15(13)11-17(21)22-18)16-7-3-5-9-20(14)16/h10-11,14,16H,1,3-5,7-9,12H2/t14-,16-,18+/m1/s1. The van der Waals surface area contributed by atoms with Crippen LogP contribution in [-0.4, -0.2) is 41.0 Å². The van der Waals surface area contributed by atoms with Crippen LogP contribution in [0.1, 0.15) is 38.5 Å². The predicted octanol–water partition coefficient (Wildman–Crippen LogP) is 2.80. The molecule has 0 radical (unpaired) electrons. The topological polar surface area (TPSA) is 29.5 Å². The molecule has 0 aromatic carbocycles. The molecule has 3 atom stereocenters. The van der Waals surface area contributed by atoms with Gasteiger partial charge in [-0.15, -0.1) is 11.6 Å². The van der Waals surface area contributed by atoms with Gasteiger partial charge >= 0.3 is 5.97 Å². The molecular formula is C18H20ClNO2. The van der Waals surface area contributed by atoms with Crippen LogP contribution in [0, 0.1) is 11.8 Å². The van der Waals surface area contributed by atoms with Gasteiger partial charge < -0.3 is 4.74 Å². The van der Waals surface area contributed by atoms with Crippen LogP contribution in [-0.2, 0) is 9.53 Å². The predicted molar refractivity (Wildman–Crippen MR) is 85.5 cm³/mol. The fourth-order valence-corrected chi connectivity index (χ4v) is 4.62. The van der Waals surface area contributed by atoms with Gasteiger partial charge in [0.1, 0.15) is 0 Å². The number of carbonyl (C=O) groups excluding carboxylic acids is 1. The normalized spacial score (nSPS) is 35.8. The molecule has 2 saturated heterocycles. The van der Waals surface area contributed by atoms with E-state index in [1.807, 2.05) is 0 Å². The molecular weight excluding hydrogens is 298 g/mol. The minimum Gasteiger partial charge on any atom is -0.449 e. The van der Waals surface area contributed by atoms with E-state index in [0.29, 0.717) is 18.0 Å². The molecule has 116 valence electrons. The average molecular weight is 318 g/mol. The first-order valence-corrected chi connectivity index (χ1v) is 8.76. The molecule has 22 heavy (non-hydrogen) atoms. The van der Waals surface area contributed by atoms with Gasteiger partial charge in [-0.25, -0.2) is 4.79 Å². The van der Waals surface area contributed by atoms with Crippen molar-refractivity contribution >= 4 is 17.6 Å². The summed E-state index contributed by atoms with van der Waals surface area (Å²) < 4.78 is 5.87. The van der Waals surface area contributed by atoms with E-state index < -0.39 is 5.60 Å². The number of carbonyl (C=O) groups is 1. The lowest BCUT2D eigenvalue weighted by Gasteiger charge is -2.38. The largest absolute Gasteiger partial charge is 0.449 e. The number of hydrogen-bond donors (Lipinski definition) is 0. The molecule has 2 fully saturated rings. The van der Waals surface area contributed by atoms with Crippen molar-refractivity contribution < 1.29 is 9.53 Å². The number of rotatable bonds is 2. The van der Waals surface area contributed by atoms with Crippen LogP contribution in [0.2, 0.25) is 0 Å². The van der Waals surface area contributed by atoms with Crippen LogP contribution in [0.5, 0.6) is 0 Å². The highest BCUT2D eigenvalue weighted by Gasteiger charge is 2.61. The van der Waals surface area contributed by atoms with E-state index in [9.17, 15) is 4.79 Å². The lowest BCUT2D eigenvalue weighted by Crippen LogP contribution is -2.48. The lowest BCUT2D eigenvalue weighted by atomic mass is 9.77. The Bertz CT molecular complexity index is 627. The zero-order valence-electron chi connectivity index (χ0n) is 12.6. The van der Waals surface area contributed by atoms with Crippen molar-refractivity contribution in [3.05, 3.63) is 23.3 Å². The molecule has 0 unspecified atom stereocenters. The zero-order valence-corrected chi connectivity index (χ0v) is 13.4. The van der Waals surface area contributed by atoms with Crippen molar-refractivity contribution in [1.29, 1.82) is 0 Å². The molecule has 4 heteroatoms. The van der Waals surface area contributed by atoms with Gasteiger partial charge in [-0.2, -0.15) is 0 Å². The number of ether oxygens (including phenoxy) is 1. The first-order valence-electron chi connectivity index (χ1n) is 8.22. The Kier molecular flexibility index (Phi) is 3.55. The number of piperidine rings is 1. The highest BCUT2D eigenvalue weighted by molar-refractivity contribution is 6.17. The van der Waals surface area contributed by atoms with Crippen molar-refractivity contribution in [2.75, 3.05) is 12.4 Å². The van der Waals surface area contributed by atoms with E-state index in [0.717, 1.165) is 43.4 Å². The summed E-state index contributed by atoms with van der Waals surface area (Å²) in [7, 11) is 0. The summed E-state index contributed by atoms with van der Waals surface area (Å²) in [5.74, 6) is 6.92. The molecule has 1 spiro atoms. The van der Waals surface area contributed by atoms with Gasteiger partial charge in [0.2, 0.25) is 0 Å². The second-order valence-electron chi connectivity index (χ2n) is 6.56. The van der Waals surface area contributed by atoms with E-state index in [2.05, 4.69) is 22.8 Å². The van der Waals surface area contributed by atoms with Crippen LogP contribution < -0.4 is 0 Å². The number of esters is 1. The zero-order chi connectivity index (χ0) is 15.2. The second-order valence-corrected chi connectivity index (χ2v) is 6.94. The summed E-state index contributed by atoms with van der Waals surface area (Å²) in [6.45, 7) is 1.10. The lowest BCUT2D eigenvalue weighted by molar-refractivity contribution is -0.148. The first-order chi connectivity index (χ1) is 10.7. The second kappa shape index (κ2) is 5.44. The summed E-state index contributed by atoms with van der Waals surface area (Å²) in [5.41, 5.74) is 1.61. The number of halogens is 1. The van der Waals surface area contributed by atoms with Gasteiger partial charge in [-0.05, 0) is 25.8 Å². The third-order valence-corrected chi connectivity index (χ3v) is 5.60. The van der Waals surface area contributed by atoms with Crippen molar-refractivity contribution in [3.63, 3.8) is 0 Å². The summed E-state index contributed by atoms with van der Waals surface area (Å²) in [6, 6.07) is 0.702. The number of unbranched alkanes of at least 4 members (excludes halogenated alkanes) is 1. The van der Waals surface area contributed by atoms with Gasteiger partial charge in [-0.1, -0.05) is 24.3 Å². The quantitative estimate of drug-likeness (QED) is 0.339. The van der Waals surface area contributed by atoms with Crippen LogP contribution in [0.4, 0.5) is 0 Å². The molecule has 3 nitrogen and oxygen atoms in total. The monoisotopic (exact) mass is 317 g/mol. The third-order valence-electron chi connectivity index (χ3n) is 5.33. The number of alkyl halides is 1. The molecule has 0 N–H and O–H groups in total. The SMILES string of the molecule is O=C1C=C2C(C#CCCCCl)=C[C@@H]3C[C@@]2(O1)[C@H]1CCCCN31. The number of nitrogens with zero attached hydrogens (tertiary/aromatic N) is 1. The van der Waals surface area contributed by atoms with Crippen molar-refractivity contribution in [2.24, 2.45) is 0 Å². The Morgan fingerprint density at radius 1 is 1.45 bits per heavy atom. The Labute approximate surface area is 136 Å². The fraction of sp³-hybridized carbons (Fsp3) is 0.611. The smallest absolute Gasteiger partial charge is 0.332 e. The molecule has 3 heterocycles. The van der Waals surface area contributed by atoms with Crippen LogP contribution in [0.3, 0.4) is 0 Å². The Balaban J connectivity index is 1.70. The fourth-order valence-electron chi connectivity index (χ4n) is 4.48. The van der Waals surface area contributed by atoms with E-state index >= 15 is 0 Å². The summed E-state index contributed by atoms with van der Waals surface area (Å²) >= 11 is 5.70. The highest BCUT2D eigenvalue weighted by atomic mass is 35.5. The summed E-state index contributed by atoms with van der Waals surface area (Å²) in [4.78, 5) is 14.5. The molecule has 0 saturated carbocycles. The van der Waals surface area contributed by atoms with Gasteiger partial charge in [0.05, 0.1) is 6.04 Å². The first kappa shape index (κ1) is 14.4. The molecule has 3 aliphatic heterocycles. The maximum absolute atomic E-state index is 12.0. The number of fused-ring (bicyclic) bond motifs is 3. The molecule has 1 aliphatic carbocycles. The van der Waals surface area contributed by atoms with E-state index in [-0.39, 0.29) is 5.97 Å². The Morgan fingerprint density at radius 3 is 3.23 bits per heavy atom. The van der Waals surface area contributed by atoms with E-state index in [1.54, 1.807) is 6.08 Å². The molecule has 2 bridgehead atoms. The molecule has 0 amide bonds. The Hall–Kier alpha value is -1.24. The Morgan fingerprint density at radius 2 is 2.36 bits per heavy atom. The highest BCUT2D eigenvalue weighted by Crippen LogP contribution is 2.53. The maximum Gasteiger partial charge on any atom is 0.332 e. The van der Waals surface area contributed by atoms with Gasteiger partial charge in [0, 0.05) is 42.0 Å². The molecule has 4 aliphatic rings. The van der Waals surface area contributed by atoms with Gasteiger partial charge in [-0.3, -0.25) is 4.90 Å². The van der Waals surface area contributed by atoms with Crippen molar-refractivity contribution in [2.45, 2.75) is 56.2 Å². The van der Waals surface area contributed by atoms with Crippen molar-refractivity contribution in [1.82, 2.24) is 4.90 Å². The number of hydrogen-bond acceptors (Lipinski definition) is 3. The van der Waals surface area contributed by atoms with Crippen LogP contribution >= 0.6 is 11.6 Å². The minimum absolute atomic E-state index is 0.198. The molecule has 0 aromatic rings.